The Bertz CT molecular complexity index is 1280. The smallest absolute Gasteiger partial charge is 0.265 e. The van der Waals surface area contributed by atoms with Crippen molar-refractivity contribution in [1.82, 2.24) is 24.1 Å². The summed E-state index contributed by atoms with van der Waals surface area (Å²) in [5, 5.41) is 0.558. The Morgan fingerprint density at radius 2 is 1.93 bits per heavy atom. The number of ether oxygens (including phenoxy) is 1. The van der Waals surface area contributed by atoms with E-state index in [1.54, 1.807) is 4.57 Å². The van der Waals surface area contributed by atoms with Crippen LogP contribution in [0.1, 0.15) is 45.0 Å². The fourth-order valence-electron chi connectivity index (χ4n) is 4.34. The van der Waals surface area contributed by atoms with Crippen LogP contribution in [-0.4, -0.2) is 36.8 Å². The van der Waals surface area contributed by atoms with Crippen LogP contribution in [0.5, 0.6) is 0 Å². The molecule has 150 valence electrons. The van der Waals surface area contributed by atoms with E-state index >= 15 is 0 Å². The number of para-hydroxylation sites is 2. The molecule has 0 aliphatic carbocycles. The molecular weight excluding hydrogens is 366 g/mol. The van der Waals surface area contributed by atoms with Gasteiger partial charge >= 0.3 is 0 Å². The predicted octanol–water partition coefficient (Wildman–Crippen LogP) is 3.75. The highest BCUT2D eigenvalue weighted by atomic mass is 16.5. The molecule has 0 saturated carbocycles. The maximum Gasteiger partial charge on any atom is 0.265 e. The van der Waals surface area contributed by atoms with Gasteiger partial charge in [0.15, 0.2) is 11.3 Å². The van der Waals surface area contributed by atoms with E-state index in [0.29, 0.717) is 28.7 Å². The summed E-state index contributed by atoms with van der Waals surface area (Å²) in [6.07, 6.45) is 3.03. The van der Waals surface area contributed by atoms with E-state index < -0.39 is 0 Å². The molecule has 5 rings (SSSR count). The van der Waals surface area contributed by atoms with Crippen LogP contribution in [0.15, 0.2) is 29.1 Å². The normalized spacial score (nSPS) is 18.2. The lowest BCUT2D eigenvalue weighted by molar-refractivity contribution is 0.0986. The van der Waals surface area contributed by atoms with E-state index in [4.69, 9.17) is 19.7 Å². The third kappa shape index (κ3) is 2.83. The molecule has 1 aliphatic heterocycles. The lowest BCUT2D eigenvalue weighted by atomic mass is 10.2. The summed E-state index contributed by atoms with van der Waals surface area (Å²) in [4.78, 5) is 28.1. The fourth-order valence-corrected chi connectivity index (χ4v) is 4.34. The summed E-state index contributed by atoms with van der Waals surface area (Å²) >= 11 is 0. The standard InChI is InChI=1S/C22H25N5O2/c1-4-13(2)27-14(3)23-20-18(22(27)28)19-21(26(20)12-15-8-7-11-29-15)25-17-10-6-5-9-16(17)24-19/h5-6,9-10,13,15H,4,7-8,11-12H2,1-3H3/t13-,15-/m1/s1. The van der Waals surface area contributed by atoms with Crippen molar-refractivity contribution in [2.45, 2.75) is 58.7 Å². The Hall–Kier alpha value is -2.80. The third-order valence-electron chi connectivity index (χ3n) is 6.01. The van der Waals surface area contributed by atoms with Gasteiger partial charge in [-0.05, 0) is 45.2 Å². The molecule has 1 saturated heterocycles. The number of rotatable bonds is 4. The number of hydrogen-bond donors (Lipinski definition) is 0. The first-order chi connectivity index (χ1) is 14.1. The largest absolute Gasteiger partial charge is 0.376 e. The molecule has 0 spiro atoms. The molecule has 4 heterocycles. The van der Waals surface area contributed by atoms with Gasteiger partial charge in [-0.1, -0.05) is 19.1 Å². The predicted molar refractivity (Wildman–Crippen MR) is 113 cm³/mol. The Morgan fingerprint density at radius 3 is 2.62 bits per heavy atom. The Kier molecular flexibility index (Phi) is 4.35. The van der Waals surface area contributed by atoms with Gasteiger partial charge in [0.05, 0.1) is 23.7 Å². The summed E-state index contributed by atoms with van der Waals surface area (Å²) in [5.41, 5.74) is 3.56. The van der Waals surface area contributed by atoms with Crippen molar-refractivity contribution >= 4 is 33.2 Å². The third-order valence-corrected chi connectivity index (χ3v) is 6.01. The highest BCUT2D eigenvalue weighted by Gasteiger charge is 2.25. The second-order valence-electron chi connectivity index (χ2n) is 7.92. The van der Waals surface area contributed by atoms with Crippen molar-refractivity contribution in [2.24, 2.45) is 0 Å². The molecule has 1 aliphatic rings. The Morgan fingerprint density at radius 1 is 1.17 bits per heavy atom. The van der Waals surface area contributed by atoms with Gasteiger partial charge in [-0.15, -0.1) is 0 Å². The van der Waals surface area contributed by atoms with E-state index in [2.05, 4.69) is 13.8 Å². The van der Waals surface area contributed by atoms with Crippen LogP contribution in [0, 0.1) is 6.92 Å². The second-order valence-corrected chi connectivity index (χ2v) is 7.92. The molecule has 0 N–H and O–H groups in total. The monoisotopic (exact) mass is 391 g/mol. The minimum Gasteiger partial charge on any atom is -0.376 e. The molecule has 0 amide bonds. The van der Waals surface area contributed by atoms with Crippen LogP contribution in [0.4, 0.5) is 0 Å². The summed E-state index contributed by atoms with van der Waals surface area (Å²) in [5.74, 6) is 0.720. The molecule has 2 atom stereocenters. The Balaban J connectivity index is 1.89. The summed E-state index contributed by atoms with van der Waals surface area (Å²) in [6.45, 7) is 7.44. The number of aryl methyl sites for hydroxylation is 1. The van der Waals surface area contributed by atoms with Crippen LogP contribution < -0.4 is 5.56 Å². The van der Waals surface area contributed by atoms with Crippen molar-refractivity contribution in [1.29, 1.82) is 0 Å². The van der Waals surface area contributed by atoms with Gasteiger partial charge in [-0.3, -0.25) is 9.36 Å². The molecule has 0 unspecified atom stereocenters. The van der Waals surface area contributed by atoms with Crippen molar-refractivity contribution in [2.75, 3.05) is 6.61 Å². The van der Waals surface area contributed by atoms with Crippen LogP contribution in [0.2, 0.25) is 0 Å². The minimum absolute atomic E-state index is 0.0393. The topological polar surface area (TPSA) is 74.8 Å². The first-order valence-electron chi connectivity index (χ1n) is 10.4. The highest BCUT2D eigenvalue weighted by molar-refractivity contribution is 6.04. The van der Waals surface area contributed by atoms with Crippen LogP contribution in [0.3, 0.4) is 0 Å². The molecular formula is C22H25N5O2. The number of hydrogen-bond acceptors (Lipinski definition) is 5. The molecule has 3 aromatic heterocycles. The van der Waals surface area contributed by atoms with Crippen LogP contribution >= 0.6 is 0 Å². The average molecular weight is 391 g/mol. The quantitative estimate of drug-likeness (QED) is 0.530. The molecule has 0 bridgehead atoms. The minimum atomic E-state index is -0.0393. The van der Waals surface area contributed by atoms with Crippen molar-refractivity contribution < 1.29 is 4.74 Å². The van der Waals surface area contributed by atoms with Crippen molar-refractivity contribution in [3.05, 3.63) is 40.4 Å². The number of benzene rings is 1. The average Bonchev–Trinajstić information content (AvgIpc) is 3.33. The van der Waals surface area contributed by atoms with Crippen molar-refractivity contribution in [3.8, 4) is 0 Å². The van der Waals surface area contributed by atoms with Crippen LogP contribution in [0.25, 0.3) is 33.2 Å². The van der Waals surface area contributed by atoms with Gasteiger partial charge in [0.1, 0.15) is 16.7 Å². The van der Waals surface area contributed by atoms with Crippen molar-refractivity contribution in [3.63, 3.8) is 0 Å². The fraction of sp³-hybridized carbons (Fsp3) is 0.455. The van der Waals surface area contributed by atoms with Gasteiger partial charge in [0, 0.05) is 12.6 Å². The number of fused-ring (bicyclic) bond motifs is 4. The molecule has 4 aromatic rings. The second kappa shape index (κ2) is 6.91. The summed E-state index contributed by atoms with van der Waals surface area (Å²) in [7, 11) is 0. The molecule has 29 heavy (non-hydrogen) atoms. The summed E-state index contributed by atoms with van der Waals surface area (Å²) < 4.78 is 9.70. The van der Waals surface area contributed by atoms with E-state index in [1.807, 2.05) is 35.8 Å². The molecule has 1 aromatic carbocycles. The first kappa shape index (κ1) is 18.2. The molecule has 7 heteroatoms. The highest BCUT2D eigenvalue weighted by Crippen LogP contribution is 2.28. The van der Waals surface area contributed by atoms with Gasteiger partial charge in [-0.2, -0.15) is 0 Å². The molecule has 7 nitrogen and oxygen atoms in total. The van der Waals surface area contributed by atoms with Gasteiger partial charge in [-0.25, -0.2) is 15.0 Å². The number of nitrogens with zero attached hydrogens (tertiary/aromatic N) is 5. The van der Waals surface area contributed by atoms with Gasteiger partial charge in [0.2, 0.25) is 0 Å². The zero-order chi connectivity index (χ0) is 20.1. The van der Waals surface area contributed by atoms with Gasteiger partial charge in [0.25, 0.3) is 5.56 Å². The van der Waals surface area contributed by atoms with Crippen LogP contribution in [-0.2, 0) is 11.3 Å². The number of aromatic nitrogens is 5. The Labute approximate surface area is 168 Å². The van der Waals surface area contributed by atoms with E-state index in [1.165, 1.54) is 0 Å². The van der Waals surface area contributed by atoms with E-state index in [0.717, 1.165) is 42.7 Å². The molecule has 1 fully saturated rings. The maximum absolute atomic E-state index is 13.6. The lowest BCUT2D eigenvalue weighted by Gasteiger charge is -2.16. The zero-order valence-electron chi connectivity index (χ0n) is 17.1. The van der Waals surface area contributed by atoms with Gasteiger partial charge < -0.3 is 9.30 Å². The first-order valence-corrected chi connectivity index (χ1v) is 10.4. The zero-order valence-corrected chi connectivity index (χ0v) is 17.1. The SMILES string of the molecule is CC[C@@H](C)n1c(C)nc2c(c1=O)c1nc3ccccc3nc1n2C[C@H]1CCCO1. The maximum atomic E-state index is 13.6. The van der Waals surface area contributed by atoms with E-state index in [-0.39, 0.29) is 17.7 Å². The summed E-state index contributed by atoms with van der Waals surface area (Å²) in [6, 6.07) is 7.85. The van der Waals surface area contributed by atoms with E-state index in [9.17, 15) is 4.79 Å². The molecule has 0 radical (unpaired) electrons. The lowest BCUT2D eigenvalue weighted by Crippen LogP contribution is -2.27.